The minimum absolute atomic E-state index is 0.0102. The van der Waals surface area contributed by atoms with E-state index in [2.05, 4.69) is 15.7 Å². The Morgan fingerprint density at radius 1 is 0.914 bits per heavy atom. The minimum atomic E-state index is -3.95. The SMILES string of the molecule is CN1C(=NP(=O)(Oc2ccccc2)Oc2ccccc2)CC(c2ccc(CO)cc2)=CC1C1CC1. The van der Waals surface area contributed by atoms with Crippen molar-refractivity contribution in [2.24, 2.45) is 10.7 Å². The summed E-state index contributed by atoms with van der Waals surface area (Å²) < 4.78 is 30.6. The van der Waals surface area contributed by atoms with Crippen molar-refractivity contribution in [3.05, 3.63) is 102 Å². The van der Waals surface area contributed by atoms with E-state index >= 15 is 0 Å². The standard InChI is InChI=1S/C28H29N2O4P/c1-30-27(23-16-17-23)18-24(22-14-12-21(20-31)13-15-22)19-28(30)29-35(32,33-25-8-4-2-5-9-25)34-26-10-6-3-7-11-26/h2-15,18,23,27,31H,16-17,19-20H2,1H3. The highest BCUT2D eigenvalue weighted by Gasteiger charge is 2.39. The van der Waals surface area contributed by atoms with E-state index in [-0.39, 0.29) is 12.6 Å². The number of benzene rings is 3. The van der Waals surface area contributed by atoms with E-state index < -0.39 is 7.75 Å². The molecule has 1 aliphatic heterocycles. The van der Waals surface area contributed by atoms with Crippen molar-refractivity contribution in [3.8, 4) is 11.5 Å². The molecule has 3 aromatic rings. The van der Waals surface area contributed by atoms with Crippen molar-refractivity contribution in [1.82, 2.24) is 4.90 Å². The van der Waals surface area contributed by atoms with Gasteiger partial charge in [-0.05, 0) is 59.7 Å². The summed E-state index contributed by atoms with van der Waals surface area (Å²) in [6.45, 7) is 0.0102. The van der Waals surface area contributed by atoms with Crippen LogP contribution in [0.1, 0.15) is 30.4 Å². The Kier molecular flexibility index (Phi) is 6.76. The quantitative estimate of drug-likeness (QED) is 0.375. The summed E-state index contributed by atoms with van der Waals surface area (Å²) in [5.41, 5.74) is 3.05. The first-order chi connectivity index (χ1) is 17.0. The summed E-state index contributed by atoms with van der Waals surface area (Å²) in [7, 11) is -1.95. The number of aliphatic hydroxyl groups is 1. The molecule has 35 heavy (non-hydrogen) atoms. The van der Waals surface area contributed by atoms with Crippen LogP contribution >= 0.6 is 7.75 Å². The highest BCUT2D eigenvalue weighted by molar-refractivity contribution is 7.53. The van der Waals surface area contributed by atoms with E-state index in [0.717, 1.165) is 29.5 Å². The van der Waals surface area contributed by atoms with Gasteiger partial charge in [0.2, 0.25) is 0 Å². The number of hydrogen-bond donors (Lipinski definition) is 1. The average Bonchev–Trinajstić information content (AvgIpc) is 3.72. The molecular formula is C28H29N2O4P. The third-order valence-corrected chi connectivity index (χ3v) is 7.71. The molecule has 0 saturated heterocycles. The number of rotatable bonds is 8. The van der Waals surface area contributed by atoms with Crippen LogP contribution in [0.4, 0.5) is 0 Å². The van der Waals surface area contributed by atoms with Crippen LogP contribution in [-0.2, 0) is 11.2 Å². The van der Waals surface area contributed by atoms with Gasteiger partial charge in [-0.3, -0.25) is 0 Å². The average molecular weight is 489 g/mol. The molecule has 5 rings (SSSR count). The zero-order chi connectivity index (χ0) is 24.3. The molecule has 1 fully saturated rings. The van der Waals surface area contributed by atoms with Gasteiger partial charge in [-0.1, -0.05) is 66.7 Å². The summed E-state index contributed by atoms with van der Waals surface area (Å²) in [5.74, 6) is 2.08. The van der Waals surface area contributed by atoms with E-state index in [9.17, 15) is 9.67 Å². The summed E-state index contributed by atoms with van der Waals surface area (Å²) in [6.07, 6.45) is 5.12. The molecule has 1 unspecified atom stereocenters. The molecule has 0 radical (unpaired) electrons. The Labute approximate surface area is 206 Å². The lowest BCUT2D eigenvalue weighted by Crippen LogP contribution is -2.40. The molecule has 0 spiro atoms. The van der Waals surface area contributed by atoms with Crippen molar-refractivity contribution >= 4 is 19.2 Å². The molecular weight excluding hydrogens is 459 g/mol. The Morgan fingerprint density at radius 2 is 1.49 bits per heavy atom. The molecule has 2 aliphatic rings. The lowest BCUT2D eigenvalue weighted by Gasteiger charge is -2.35. The van der Waals surface area contributed by atoms with Crippen molar-refractivity contribution in [1.29, 1.82) is 0 Å². The Morgan fingerprint density at radius 3 is 2.00 bits per heavy atom. The fourth-order valence-corrected chi connectivity index (χ4v) is 5.68. The van der Waals surface area contributed by atoms with Crippen molar-refractivity contribution < 1.29 is 18.7 Å². The van der Waals surface area contributed by atoms with Gasteiger partial charge in [0.05, 0.1) is 12.6 Å². The number of hydrogen-bond acceptors (Lipinski definition) is 4. The van der Waals surface area contributed by atoms with Gasteiger partial charge in [0.25, 0.3) is 0 Å². The summed E-state index contributed by atoms with van der Waals surface area (Å²) >= 11 is 0. The fourth-order valence-electron chi connectivity index (χ4n) is 4.29. The van der Waals surface area contributed by atoms with Crippen LogP contribution in [0.5, 0.6) is 11.5 Å². The third-order valence-electron chi connectivity index (χ3n) is 6.35. The molecule has 1 atom stereocenters. The van der Waals surface area contributed by atoms with Gasteiger partial charge in [0, 0.05) is 13.5 Å². The predicted octanol–water partition coefficient (Wildman–Crippen LogP) is 6.34. The van der Waals surface area contributed by atoms with Crippen molar-refractivity contribution in [2.75, 3.05) is 7.05 Å². The van der Waals surface area contributed by atoms with Crippen LogP contribution in [0, 0.1) is 5.92 Å². The first kappa shape index (κ1) is 23.4. The molecule has 1 heterocycles. The van der Waals surface area contributed by atoms with Crippen molar-refractivity contribution in [2.45, 2.75) is 31.9 Å². The Hall–Kier alpha value is -3.34. The molecule has 1 aliphatic carbocycles. The smallest absolute Gasteiger partial charge is 0.399 e. The van der Waals surface area contributed by atoms with E-state index in [4.69, 9.17) is 9.05 Å². The normalized spacial score (nSPS) is 19.4. The van der Waals surface area contributed by atoms with Gasteiger partial charge in [0.1, 0.15) is 17.3 Å². The molecule has 7 heteroatoms. The fraction of sp³-hybridized carbons (Fsp3) is 0.250. The monoisotopic (exact) mass is 488 g/mol. The largest absolute Gasteiger partial charge is 0.564 e. The van der Waals surface area contributed by atoms with Crippen LogP contribution < -0.4 is 9.05 Å². The van der Waals surface area contributed by atoms with Gasteiger partial charge in [0.15, 0.2) is 0 Å². The minimum Gasteiger partial charge on any atom is -0.399 e. The second-order valence-electron chi connectivity index (χ2n) is 8.96. The van der Waals surface area contributed by atoms with Gasteiger partial charge >= 0.3 is 7.75 Å². The van der Waals surface area contributed by atoms with Crippen molar-refractivity contribution in [3.63, 3.8) is 0 Å². The molecule has 0 bridgehead atoms. The lowest BCUT2D eigenvalue weighted by atomic mass is 9.93. The highest BCUT2D eigenvalue weighted by Crippen LogP contribution is 2.51. The maximum atomic E-state index is 14.1. The Bertz CT molecular complexity index is 1210. The number of aliphatic hydroxyl groups excluding tert-OH is 1. The molecule has 0 amide bonds. The first-order valence-electron chi connectivity index (χ1n) is 11.9. The third kappa shape index (κ3) is 5.67. The zero-order valence-electron chi connectivity index (χ0n) is 19.7. The van der Waals surface area contributed by atoms with Gasteiger partial charge in [-0.2, -0.15) is 0 Å². The summed E-state index contributed by atoms with van der Waals surface area (Å²) in [6, 6.07) is 26.1. The van der Waals surface area contributed by atoms with Gasteiger partial charge in [-0.25, -0.2) is 4.57 Å². The topological polar surface area (TPSA) is 71.4 Å². The number of nitrogens with zero attached hydrogens (tertiary/aromatic N) is 2. The second kappa shape index (κ2) is 10.1. The molecule has 0 aromatic heterocycles. The summed E-state index contributed by atoms with van der Waals surface area (Å²) in [4.78, 5) is 2.11. The van der Waals surface area contributed by atoms with E-state index in [1.54, 1.807) is 24.3 Å². The predicted molar refractivity (Wildman–Crippen MR) is 138 cm³/mol. The zero-order valence-corrected chi connectivity index (χ0v) is 20.6. The van der Waals surface area contributed by atoms with Crippen LogP contribution in [-0.4, -0.2) is 28.9 Å². The molecule has 1 saturated carbocycles. The van der Waals surface area contributed by atoms with Gasteiger partial charge < -0.3 is 19.1 Å². The van der Waals surface area contributed by atoms with E-state index in [1.165, 1.54) is 0 Å². The second-order valence-corrected chi connectivity index (χ2v) is 10.5. The van der Waals surface area contributed by atoms with Crippen LogP contribution in [0.2, 0.25) is 0 Å². The molecule has 1 N–H and O–H groups in total. The lowest BCUT2D eigenvalue weighted by molar-refractivity contribution is 0.282. The maximum Gasteiger partial charge on any atom is 0.564 e. The number of para-hydroxylation sites is 2. The van der Waals surface area contributed by atoms with Crippen LogP contribution in [0.15, 0.2) is 95.8 Å². The highest BCUT2D eigenvalue weighted by atomic mass is 31.2. The van der Waals surface area contributed by atoms with Crippen LogP contribution in [0.3, 0.4) is 0 Å². The van der Waals surface area contributed by atoms with Gasteiger partial charge in [-0.15, -0.1) is 4.76 Å². The Balaban J connectivity index is 1.51. The maximum absolute atomic E-state index is 14.1. The van der Waals surface area contributed by atoms with E-state index in [1.807, 2.05) is 67.7 Å². The number of likely N-dealkylation sites (N-methyl/N-ethyl adjacent to an activating group) is 1. The summed E-state index contributed by atoms with van der Waals surface area (Å²) in [5, 5.41) is 9.41. The van der Waals surface area contributed by atoms with E-state index in [0.29, 0.717) is 29.7 Å². The number of amidine groups is 1. The van der Waals surface area contributed by atoms with Crippen LogP contribution in [0.25, 0.3) is 5.57 Å². The molecule has 3 aromatic carbocycles. The molecule has 180 valence electrons. The molecule has 6 nitrogen and oxygen atoms in total. The first-order valence-corrected chi connectivity index (χ1v) is 13.3.